The number of nitrogens with zero attached hydrogens (tertiary/aromatic N) is 2. The molecule has 0 aliphatic carbocycles. The lowest BCUT2D eigenvalue weighted by molar-refractivity contribution is -0.618. The summed E-state index contributed by atoms with van der Waals surface area (Å²) < 4.78 is 6.46. The van der Waals surface area contributed by atoms with Crippen molar-refractivity contribution in [1.82, 2.24) is 0 Å². The van der Waals surface area contributed by atoms with Gasteiger partial charge < -0.3 is 20.9 Å². The first-order valence-electron chi connectivity index (χ1n) is 8.54. The fraction of sp³-hybridized carbons (Fsp3) is 0.167. The van der Waals surface area contributed by atoms with Gasteiger partial charge >= 0.3 is 11.8 Å². The zero-order valence-corrected chi connectivity index (χ0v) is 16.5. The lowest BCUT2D eigenvalue weighted by Gasteiger charge is -2.13. The molecule has 0 saturated heterocycles. The maximum atomic E-state index is 12.5. The van der Waals surface area contributed by atoms with Gasteiger partial charge in [-0.15, -0.1) is 0 Å². The van der Waals surface area contributed by atoms with E-state index in [-0.39, 0.29) is 16.9 Å². The molecule has 0 saturated carbocycles. The first kappa shape index (κ1) is 20.7. The number of carbonyl (C=O) groups excluding carboxylic acids is 1. The van der Waals surface area contributed by atoms with E-state index < -0.39 is 6.03 Å². The summed E-state index contributed by atoms with van der Waals surface area (Å²) in [5, 5.41) is 30.3. The lowest BCUT2D eigenvalue weighted by atomic mass is 10.3. The topological polar surface area (TPSA) is 130 Å². The van der Waals surface area contributed by atoms with Crippen molar-refractivity contribution in [3.05, 3.63) is 63.1 Å². The van der Waals surface area contributed by atoms with Crippen LogP contribution in [0.25, 0.3) is 11.0 Å². The number of fused-ring (bicyclic) bond motifs is 1. The summed E-state index contributed by atoms with van der Waals surface area (Å²) in [7, 11) is 0. The Morgan fingerprint density at radius 3 is 2.55 bits per heavy atom. The molecule has 0 aliphatic heterocycles. The molecule has 3 aromatic rings. The summed E-state index contributed by atoms with van der Waals surface area (Å²) in [4.78, 5) is 12.4. The van der Waals surface area contributed by atoms with E-state index in [9.17, 15) is 15.2 Å². The van der Waals surface area contributed by atoms with Gasteiger partial charge in [0.15, 0.2) is 0 Å². The maximum absolute atomic E-state index is 12.5. The Bertz CT molecular complexity index is 1060. The van der Waals surface area contributed by atoms with Crippen molar-refractivity contribution in [2.75, 3.05) is 23.8 Å². The summed E-state index contributed by atoms with van der Waals surface area (Å²) in [6, 6.07) is 8.19. The molecule has 0 aliphatic rings. The number of urea groups is 1. The Labute approximate surface area is 175 Å². The third-order valence-electron chi connectivity index (χ3n) is 3.89. The molecule has 152 valence electrons. The minimum absolute atomic E-state index is 0.0516. The van der Waals surface area contributed by atoms with Crippen LogP contribution in [0.3, 0.4) is 0 Å². The monoisotopic (exact) mass is 437 g/mol. The highest BCUT2D eigenvalue weighted by Gasteiger charge is 2.21. The number of aromatic nitrogens is 2. The van der Waals surface area contributed by atoms with Crippen LogP contribution in [-0.2, 0) is 0 Å². The summed E-state index contributed by atoms with van der Waals surface area (Å²) >= 11 is 11.8. The number of ether oxygens (including phenoxy) is 1. The molecule has 0 radical (unpaired) electrons. The molecular weight excluding hydrogens is 421 g/mol. The van der Waals surface area contributed by atoms with Gasteiger partial charge in [0.05, 0.1) is 12.3 Å². The maximum Gasteiger partial charge on any atom is 0.411 e. The van der Waals surface area contributed by atoms with Crippen LogP contribution in [0.15, 0.2) is 42.6 Å². The molecule has 11 heteroatoms. The van der Waals surface area contributed by atoms with Crippen LogP contribution in [0, 0.1) is 10.4 Å². The highest BCUT2D eigenvalue weighted by molar-refractivity contribution is 6.31. The third kappa shape index (κ3) is 4.89. The number of nitrogens with two attached hydrogens (primary N) is 1. The highest BCUT2D eigenvalue weighted by atomic mass is 35.5. The van der Waals surface area contributed by atoms with Gasteiger partial charge in [-0.2, -0.15) is 10.0 Å². The molecule has 29 heavy (non-hydrogen) atoms. The van der Waals surface area contributed by atoms with E-state index in [0.29, 0.717) is 50.5 Å². The van der Waals surface area contributed by atoms with Crippen molar-refractivity contribution in [3.63, 3.8) is 0 Å². The van der Waals surface area contributed by atoms with Crippen LogP contribution in [0.4, 0.5) is 16.3 Å². The summed E-state index contributed by atoms with van der Waals surface area (Å²) in [5.41, 5.74) is 5.87. The average molecular weight is 438 g/mol. The number of rotatable bonds is 6. The van der Waals surface area contributed by atoms with Crippen molar-refractivity contribution in [2.24, 2.45) is 5.73 Å². The lowest BCUT2D eigenvalue weighted by Crippen LogP contribution is -2.42. The quantitative estimate of drug-likeness (QED) is 0.310. The molecule has 0 spiro atoms. The predicted molar refractivity (Wildman–Crippen MR) is 110 cm³/mol. The van der Waals surface area contributed by atoms with Crippen molar-refractivity contribution in [2.45, 2.75) is 6.42 Å². The van der Waals surface area contributed by atoms with Crippen molar-refractivity contribution in [3.8, 4) is 5.75 Å². The zero-order valence-electron chi connectivity index (χ0n) is 15.0. The molecular formula is C18H17Cl2N5O4. The van der Waals surface area contributed by atoms with Gasteiger partial charge in [0.2, 0.25) is 5.52 Å². The Morgan fingerprint density at radius 2 is 1.79 bits per heavy atom. The molecule has 0 bridgehead atoms. The van der Waals surface area contributed by atoms with Gasteiger partial charge in [-0.25, -0.2) is 9.52 Å². The van der Waals surface area contributed by atoms with Gasteiger partial charge in [0.25, 0.3) is 11.7 Å². The van der Waals surface area contributed by atoms with E-state index in [1.165, 1.54) is 24.3 Å². The molecule has 1 heterocycles. The molecule has 2 amide bonds. The first-order chi connectivity index (χ1) is 13.9. The van der Waals surface area contributed by atoms with Crippen LogP contribution in [0.5, 0.6) is 5.75 Å². The van der Waals surface area contributed by atoms with E-state index in [1.807, 2.05) is 0 Å². The number of hydrogen-bond acceptors (Lipinski definition) is 5. The van der Waals surface area contributed by atoms with E-state index >= 15 is 0 Å². The zero-order chi connectivity index (χ0) is 21.0. The first-order valence-corrected chi connectivity index (χ1v) is 9.30. The van der Waals surface area contributed by atoms with Crippen LogP contribution >= 0.6 is 23.2 Å². The number of carbonyl (C=O) groups is 1. The normalized spacial score (nSPS) is 10.7. The second-order valence-corrected chi connectivity index (χ2v) is 6.85. The molecule has 0 atom stereocenters. The number of hydrogen-bond donors (Lipinski definition) is 3. The summed E-state index contributed by atoms with van der Waals surface area (Å²) in [6.45, 7) is 0.821. The van der Waals surface area contributed by atoms with Crippen LogP contribution in [0.1, 0.15) is 6.42 Å². The fourth-order valence-electron chi connectivity index (χ4n) is 2.55. The summed E-state index contributed by atoms with van der Waals surface area (Å²) in [6.07, 6.45) is 1.58. The van der Waals surface area contributed by atoms with Crippen molar-refractivity contribution >= 4 is 51.8 Å². The molecule has 2 aromatic carbocycles. The molecule has 9 nitrogen and oxygen atoms in total. The molecule has 4 N–H and O–H groups in total. The summed E-state index contributed by atoms with van der Waals surface area (Å²) in [5.74, 6) is 0.125. The Morgan fingerprint density at radius 1 is 1.07 bits per heavy atom. The SMILES string of the molecule is NCCCOc1ccc(Cl)cc1NC(=O)Nc1c[n+]([O-])c2cc(Cl)ccc2[n+]1[O-]. The number of amides is 2. The molecule has 0 fully saturated rings. The Balaban J connectivity index is 1.82. The van der Waals surface area contributed by atoms with Gasteiger partial charge in [-0.3, -0.25) is 5.32 Å². The smallest absolute Gasteiger partial charge is 0.411 e. The largest absolute Gasteiger partial charge is 0.710 e. The average Bonchev–Trinajstić information content (AvgIpc) is 2.67. The second kappa shape index (κ2) is 8.99. The van der Waals surface area contributed by atoms with E-state index in [4.69, 9.17) is 33.7 Å². The van der Waals surface area contributed by atoms with E-state index in [0.717, 1.165) is 6.20 Å². The highest BCUT2D eigenvalue weighted by Crippen LogP contribution is 2.28. The van der Waals surface area contributed by atoms with Gasteiger partial charge in [-0.1, -0.05) is 23.2 Å². The van der Waals surface area contributed by atoms with Crippen LogP contribution in [0.2, 0.25) is 10.0 Å². The van der Waals surface area contributed by atoms with Crippen molar-refractivity contribution in [1.29, 1.82) is 0 Å². The van der Waals surface area contributed by atoms with Gasteiger partial charge in [0.1, 0.15) is 5.75 Å². The fourth-order valence-corrected chi connectivity index (χ4v) is 2.89. The van der Waals surface area contributed by atoms with Crippen LogP contribution < -0.4 is 30.6 Å². The second-order valence-electron chi connectivity index (χ2n) is 5.98. The molecule has 3 rings (SSSR count). The third-order valence-corrected chi connectivity index (χ3v) is 4.36. The Hall–Kier alpha value is -3.01. The van der Waals surface area contributed by atoms with E-state index in [1.54, 1.807) is 12.1 Å². The van der Waals surface area contributed by atoms with Gasteiger partial charge in [0, 0.05) is 16.1 Å². The minimum Gasteiger partial charge on any atom is -0.710 e. The Kier molecular flexibility index (Phi) is 6.42. The van der Waals surface area contributed by atoms with E-state index in [2.05, 4.69) is 10.6 Å². The predicted octanol–water partition coefficient (Wildman–Crippen LogP) is 2.79. The van der Waals surface area contributed by atoms with Gasteiger partial charge in [-0.05, 0) is 43.3 Å². The number of halogens is 2. The minimum atomic E-state index is -0.756. The van der Waals surface area contributed by atoms with Crippen LogP contribution in [-0.4, -0.2) is 19.2 Å². The number of nitrogens with one attached hydrogen (secondary N) is 2. The molecule has 1 aromatic heterocycles. The number of anilines is 2. The van der Waals surface area contributed by atoms with Crippen molar-refractivity contribution < 1.29 is 19.0 Å². The number of benzene rings is 2. The molecule has 0 unspecified atom stereocenters. The standard InChI is InChI=1S/C18H17Cl2N5O4/c19-11-3-5-16(29-7-1-6-21)13(8-11)22-18(26)23-17-10-24(27)15-9-12(20)2-4-14(15)25(17)28/h2-5,8-10H,1,6-7,21H2,(H2,22,23,26).